The van der Waals surface area contributed by atoms with E-state index in [-0.39, 0.29) is 5.91 Å². The molecule has 0 radical (unpaired) electrons. The first kappa shape index (κ1) is 12.8. The van der Waals surface area contributed by atoms with Crippen LogP contribution in [0, 0.1) is 6.92 Å². The van der Waals surface area contributed by atoms with Gasteiger partial charge in [-0.2, -0.15) is 0 Å². The molecular formula is C15H14BrNO. The van der Waals surface area contributed by atoms with Gasteiger partial charge in [-0.25, -0.2) is 0 Å². The van der Waals surface area contributed by atoms with Crippen molar-refractivity contribution in [1.29, 1.82) is 0 Å². The van der Waals surface area contributed by atoms with Crippen molar-refractivity contribution in [3.63, 3.8) is 0 Å². The molecule has 0 atom stereocenters. The van der Waals surface area contributed by atoms with E-state index >= 15 is 0 Å². The Kier molecular flexibility index (Phi) is 3.82. The lowest BCUT2D eigenvalue weighted by atomic mass is 10.1. The molecule has 0 aromatic heterocycles. The number of hydrogen-bond donors (Lipinski definition) is 0. The van der Waals surface area contributed by atoms with E-state index in [4.69, 9.17) is 0 Å². The fourth-order valence-electron chi connectivity index (χ4n) is 1.74. The van der Waals surface area contributed by atoms with Crippen molar-refractivity contribution < 1.29 is 4.79 Å². The Labute approximate surface area is 115 Å². The molecule has 0 saturated carbocycles. The minimum absolute atomic E-state index is 0.00296. The number of carbonyl (C=O) groups is 1. The average molecular weight is 304 g/mol. The summed E-state index contributed by atoms with van der Waals surface area (Å²) in [4.78, 5) is 14.0. The molecule has 2 aromatic rings. The molecule has 0 heterocycles. The summed E-state index contributed by atoms with van der Waals surface area (Å²) in [6.07, 6.45) is 0. The van der Waals surface area contributed by atoms with Crippen LogP contribution in [0.15, 0.2) is 53.0 Å². The third kappa shape index (κ3) is 2.62. The van der Waals surface area contributed by atoms with Gasteiger partial charge in [0, 0.05) is 22.8 Å². The average Bonchev–Trinajstić information content (AvgIpc) is 2.41. The Morgan fingerprint density at radius 2 is 1.78 bits per heavy atom. The number of amides is 1. The fourth-order valence-corrected chi connectivity index (χ4v) is 1.99. The van der Waals surface area contributed by atoms with Crippen LogP contribution in [0.1, 0.15) is 15.9 Å². The predicted octanol–water partition coefficient (Wildman–Crippen LogP) is 4.03. The number of carbonyl (C=O) groups excluding carboxylic acids is 1. The van der Waals surface area contributed by atoms with E-state index in [1.807, 2.05) is 55.5 Å². The molecule has 3 heteroatoms. The van der Waals surface area contributed by atoms with Gasteiger partial charge in [-0.3, -0.25) is 4.79 Å². The largest absolute Gasteiger partial charge is 0.311 e. The number of anilines is 1. The molecule has 0 spiro atoms. The minimum Gasteiger partial charge on any atom is -0.311 e. The van der Waals surface area contributed by atoms with Gasteiger partial charge in [0.2, 0.25) is 0 Å². The number of benzene rings is 2. The van der Waals surface area contributed by atoms with Crippen LogP contribution in [0.5, 0.6) is 0 Å². The van der Waals surface area contributed by atoms with Gasteiger partial charge in [-0.15, -0.1) is 0 Å². The summed E-state index contributed by atoms with van der Waals surface area (Å²) in [7, 11) is 1.79. The second-order valence-corrected chi connectivity index (χ2v) is 5.02. The Balaban J connectivity index is 2.29. The van der Waals surface area contributed by atoms with Crippen LogP contribution in [0.4, 0.5) is 5.69 Å². The highest BCUT2D eigenvalue weighted by Gasteiger charge is 2.13. The van der Waals surface area contributed by atoms with Gasteiger partial charge >= 0.3 is 0 Å². The van der Waals surface area contributed by atoms with Gasteiger partial charge in [0.05, 0.1) is 0 Å². The Morgan fingerprint density at radius 1 is 1.11 bits per heavy atom. The number of rotatable bonds is 2. The number of nitrogens with zero attached hydrogens (tertiary/aromatic N) is 1. The summed E-state index contributed by atoms with van der Waals surface area (Å²) in [5.41, 5.74) is 2.65. The van der Waals surface area contributed by atoms with Gasteiger partial charge in [0.15, 0.2) is 0 Å². The van der Waals surface area contributed by atoms with E-state index in [1.165, 1.54) is 0 Å². The van der Waals surface area contributed by atoms with Crippen molar-refractivity contribution in [3.05, 3.63) is 64.1 Å². The summed E-state index contributed by atoms with van der Waals surface area (Å²) < 4.78 is 1.02. The van der Waals surface area contributed by atoms with Crippen LogP contribution < -0.4 is 4.90 Å². The number of aryl methyl sites for hydroxylation is 1. The molecule has 0 aliphatic heterocycles. The summed E-state index contributed by atoms with van der Waals surface area (Å²) in [6, 6.07) is 15.3. The quantitative estimate of drug-likeness (QED) is 0.820. The molecule has 0 aliphatic rings. The lowest BCUT2D eigenvalue weighted by Gasteiger charge is -2.17. The third-order valence-corrected chi connectivity index (χ3v) is 3.74. The van der Waals surface area contributed by atoms with Crippen molar-refractivity contribution in [3.8, 4) is 0 Å². The highest BCUT2D eigenvalue weighted by molar-refractivity contribution is 9.10. The molecule has 0 bridgehead atoms. The fraction of sp³-hybridized carbons (Fsp3) is 0.133. The summed E-state index contributed by atoms with van der Waals surface area (Å²) in [5, 5.41) is 0. The highest BCUT2D eigenvalue weighted by Crippen LogP contribution is 2.20. The SMILES string of the molecule is Cc1cc(C(=O)N(C)c2ccccc2)ccc1Br. The summed E-state index contributed by atoms with van der Waals surface area (Å²) >= 11 is 3.44. The summed E-state index contributed by atoms with van der Waals surface area (Å²) in [6.45, 7) is 1.98. The molecule has 0 aliphatic carbocycles. The Hall–Kier alpha value is -1.61. The first-order valence-electron chi connectivity index (χ1n) is 5.69. The van der Waals surface area contributed by atoms with E-state index in [2.05, 4.69) is 15.9 Å². The topological polar surface area (TPSA) is 20.3 Å². The molecule has 18 heavy (non-hydrogen) atoms. The zero-order valence-corrected chi connectivity index (χ0v) is 11.9. The van der Waals surface area contributed by atoms with Crippen molar-refractivity contribution in [2.24, 2.45) is 0 Å². The monoisotopic (exact) mass is 303 g/mol. The van der Waals surface area contributed by atoms with Gasteiger partial charge in [0.25, 0.3) is 5.91 Å². The molecule has 92 valence electrons. The number of halogens is 1. The molecule has 2 nitrogen and oxygen atoms in total. The maximum Gasteiger partial charge on any atom is 0.258 e. The van der Waals surface area contributed by atoms with Crippen LogP contribution in [0.3, 0.4) is 0 Å². The van der Waals surface area contributed by atoms with Crippen LogP contribution in [-0.4, -0.2) is 13.0 Å². The summed E-state index contributed by atoms with van der Waals surface area (Å²) in [5.74, 6) is -0.00296. The molecule has 0 fully saturated rings. The molecule has 2 rings (SSSR count). The van der Waals surface area contributed by atoms with Crippen LogP contribution in [0.2, 0.25) is 0 Å². The predicted molar refractivity (Wildman–Crippen MR) is 78.1 cm³/mol. The molecule has 0 unspecified atom stereocenters. The maximum absolute atomic E-state index is 12.3. The van der Waals surface area contributed by atoms with Crippen LogP contribution in [-0.2, 0) is 0 Å². The van der Waals surface area contributed by atoms with E-state index in [1.54, 1.807) is 11.9 Å². The Bertz CT molecular complexity index is 566. The maximum atomic E-state index is 12.3. The second-order valence-electron chi connectivity index (χ2n) is 4.16. The van der Waals surface area contributed by atoms with Gasteiger partial charge in [-0.1, -0.05) is 34.1 Å². The molecule has 0 N–H and O–H groups in total. The van der Waals surface area contributed by atoms with Crippen molar-refractivity contribution in [2.75, 3.05) is 11.9 Å². The normalized spacial score (nSPS) is 10.2. The Morgan fingerprint density at radius 3 is 2.39 bits per heavy atom. The zero-order chi connectivity index (χ0) is 13.1. The molecule has 0 saturated heterocycles. The minimum atomic E-state index is -0.00296. The van der Waals surface area contributed by atoms with Crippen LogP contribution in [0.25, 0.3) is 0 Å². The van der Waals surface area contributed by atoms with E-state index in [0.29, 0.717) is 5.56 Å². The number of para-hydroxylation sites is 1. The van der Waals surface area contributed by atoms with Crippen molar-refractivity contribution in [2.45, 2.75) is 6.92 Å². The zero-order valence-electron chi connectivity index (χ0n) is 10.4. The van der Waals surface area contributed by atoms with Gasteiger partial charge < -0.3 is 4.90 Å². The first-order valence-corrected chi connectivity index (χ1v) is 6.48. The van der Waals surface area contributed by atoms with Crippen molar-refractivity contribution in [1.82, 2.24) is 0 Å². The molecule has 2 aromatic carbocycles. The second kappa shape index (κ2) is 5.36. The van der Waals surface area contributed by atoms with E-state index in [0.717, 1.165) is 15.7 Å². The highest BCUT2D eigenvalue weighted by atomic mass is 79.9. The number of hydrogen-bond acceptors (Lipinski definition) is 1. The van der Waals surface area contributed by atoms with Gasteiger partial charge in [-0.05, 0) is 42.8 Å². The lowest BCUT2D eigenvalue weighted by Crippen LogP contribution is -2.26. The standard InChI is InChI=1S/C15H14BrNO/c1-11-10-12(8-9-14(11)16)15(18)17(2)13-6-4-3-5-7-13/h3-10H,1-2H3. The van der Waals surface area contributed by atoms with E-state index in [9.17, 15) is 4.79 Å². The lowest BCUT2D eigenvalue weighted by molar-refractivity contribution is 0.0993. The van der Waals surface area contributed by atoms with Crippen LogP contribution >= 0.6 is 15.9 Å². The third-order valence-electron chi connectivity index (χ3n) is 2.85. The van der Waals surface area contributed by atoms with Gasteiger partial charge in [0.1, 0.15) is 0 Å². The van der Waals surface area contributed by atoms with E-state index < -0.39 is 0 Å². The molecular weight excluding hydrogens is 290 g/mol. The first-order chi connectivity index (χ1) is 8.59. The smallest absolute Gasteiger partial charge is 0.258 e. The van der Waals surface area contributed by atoms with Crippen molar-refractivity contribution >= 4 is 27.5 Å². The molecule has 1 amide bonds.